The molecule has 0 aliphatic heterocycles. The number of hydrogen-bond acceptors (Lipinski definition) is 3. The van der Waals surface area contributed by atoms with Crippen molar-refractivity contribution in [3.05, 3.63) is 102 Å². The standard InChI is InChI=1S/C17H17NO2.C6H6/c19-14-18-12-6-10-16-9-4-5-11-17(16)20-13-15-7-2-1-3-8-15;1-2-4-6-5-3-1/h1-5,7-9,11H,6,10,12-13H2;1-6H. The number of carbonyl (C=O) groups excluding carboxylic acids is 1. The summed E-state index contributed by atoms with van der Waals surface area (Å²) in [6.07, 6.45) is 3.22. The Kier molecular flexibility index (Phi) is 9.02. The van der Waals surface area contributed by atoms with Gasteiger partial charge in [0.15, 0.2) is 0 Å². The minimum Gasteiger partial charge on any atom is -0.489 e. The molecule has 0 spiro atoms. The fraction of sp³-hybridized carbons (Fsp3) is 0.174. The Morgan fingerprint density at radius 3 is 2.00 bits per heavy atom. The Bertz CT molecular complexity index is 755. The van der Waals surface area contributed by atoms with Gasteiger partial charge in [-0.2, -0.15) is 0 Å². The normalized spacial score (nSPS) is 9.38. The van der Waals surface area contributed by atoms with Gasteiger partial charge in [-0.15, -0.1) is 0 Å². The van der Waals surface area contributed by atoms with Gasteiger partial charge in [-0.25, -0.2) is 9.79 Å². The van der Waals surface area contributed by atoms with Gasteiger partial charge in [0.2, 0.25) is 6.08 Å². The first-order valence-electron chi connectivity index (χ1n) is 8.68. The Morgan fingerprint density at radius 1 is 0.769 bits per heavy atom. The van der Waals surface area contributed by atoms with Crippen molar-refractivity contribution < 1.29 is 9.53 Å². The summed E-state index contributed by atoms with van der Waals surface area (Å²) in [7, 11) is 0. The minimum absolute atomic E-state index is 0.510. The Hall–Kier alpha value is -3.16. The Balaban J connectivity index is 0.000000342. The molecule has 3 aromatic rings. The first-order valence-corrected chi connectivity index (χ1v) is 8.68. The molecule has 0 aromatic heterocycles. The van der Waals surface area contributed by atoms with Crippen LogP contribution in [0.5, 0.6) is 5.75 Å². The van der Waals surface area contributed by atoms with E-state index >= 15 is 0 Å². The Labute approximate surface area is 155 Å². The number of nitrogens with zero attached hydrogens (tertiary/aromatic N) is 1. The maximum Gasteiger partial charge on any atom is 0.234 e. The van der Waals surface area contributed by atoms with Crippen molar-refractivity contribution in [2.45, 2.75) is 19.4 Å². The molecule has 0 atom stereocenters. The molecule has 0 amide bonds. The molecular weight excluding hydrogens is 322 g/mol. The van der Waals surface area contributed by atoms with Crippen LogP contribution in [0.25, 0.3) is 0 Å². The summed E-state index contributed by atoms with van der Waals surface area (Å²) < 4.78 is 5.87. The molecular formula is C23H23NO2. The molecule has 3 heteroatoms. The highest BCUT2D eigenvalue weighted by atomic mass is 16.5. The highest BCUT2D eigenvalue weighted by Gasteiger charge is 2.03. The summed E-state index contributed by atoms with van der Waals surface area (Å²) in [5, 5.41) is 0. The van der Waals surface area contributed by atoms with Gasteiger partial charge < -0.3 is 4.74 Å². The number of hydrogen-bond donors (Lipinski definition) is 0. The van der Waals surface area contributed by atoms with Crippen molar-refractivity contribution in [1.82, 2.24) is 0 Å². The number of ether oxygens (including phenoxy) is 1. The van der Waals surface area contributed by atoms with E-state index in [4.69, 9.17) is 4.74 Å². The van der Waals surface area contributed by atoms with Gasteiger partial charge in [-0.1, -0.05) is 84.9 Å². The van der Waals surface area contributed by atoms with Crippen LogP contribution >= 0.6 is 0 Å². The van der Waals surface area contributed by atoms with Crippen molar-refractivity contribution in [1.29, 1.82) is 0 Å². The molecule has 0 heterocycles. The lowest BCUT2D eigenvalue weighted by Crippen LogP contribution is -1.99. The van der Waals surface area contributed by atoms with Gasteiger partial charge in [0.1, 0.15) is 12.4 Å². The number of para-hydroxylation sites is 1. The van der Waals surface area contributed by atoms with Crippen molar-refractivity contribution in [3.8, 4) is 5.75 Å². The predicted molar refractivity (Wildman–Crippen MR) is 105 cm³/mol. The van der Waals surface area contributed by atoms with Gasteiger partial charge in [0, 0.05) is 0 Å². The second-order valence-corrected chi connectivity index (χ2v) is 5.61. The topological polar surface area (TPSA) is 38.7 Å². The minimum atomic E-state index is 0.510. The van der Waals surface area contributed by atoms with E-state index in [2.05, 4.69) is 4.99 Å². The quantitative estimate of drug-likeness (QED) is 0.334. The van der Waals surface area contributed by atoms with Crippen molar-refractivity contribution in [2.75, 3.05) is 6.54 Å². The summed E-state index contributed by atoms with van der Waals surface area (Å²) in [4.78, 5) is 13.6. The molecule has 0 bridgehead atoms. The van der Waals surface area contributed by atoms with Crippen molar-refractivity contribution in [2.24, 2.45) is 4.99 Å². The van der Waals surface area contributed by atoms with E-state index in [1.807, 2.05) is 91.0 Å². The highest BCUT2D eigenvalue weighted by Crippen LogP contribution is 2.20. The van der Waals surface area contributed by atoms with E-state index in [9.17, 15) is 4.79 Å². The molecule has 0 saturated carbocycles. The molecule has 0 fully saturated rings. The van der Waals surface area contributed by atoms with E-state index in [1.54, 1.807) is 6.08 Å². The average Bonchev–Trinajstić information content (AvgIpc) is 2.73. The van der Waals surface area contributed by atoms with Crippen molar-refractivity contribution in [3.63, 3.8) is 0 Å². The molecule has 0 radical (unpaired) electrons. The van der Waals surface area contributed by atoms with Crippen LogP contribution in [0.3, 0.4) is 0 Å². The summed E-state index contributed by atoms with van der Waals surface area (Å²) in [6, 6.07) is 30.1. The largest absolute Gasteiger partial charge is 0.489 e. The maximum atomic E-state index is 10.0. The van der Waals surface area contributed by atoms with Gasteiger partial charge in [0.25, 0.3) is 0 Å². The van der Waals surface area contributed by atoms with Crippen LogP contribution in [-0.2, 0) is 17.8 Å². The number of rotatable bonds is 7. The predicted octanol–water partition coefficient (Wildman–Crippen LogP) is 5.22. The lowest BCUT2D eigenvalue weighted by atomic mass is 10.1. The lowest BCUT2D eigenvalue weighted by molar-refractivity contribution is 0.303. The number of aliphatic imine (C=N–C) groups is 1. The summed E-state index contributed by atoms with van der Waals surface area (Å²) in [5.41, 5.74) is 2.29. The molecule has 0 N–H and O–H groups in total. The van der Waals surface area contributed by atoms with Crippen LogP contribution in [0, 0.1) is 0 Å². The maximum absolute atomic E-state index is 10.0. The van der Waals surface area contributed by atoms with Crippen LogP contribution in [0.1, 0.15) is 17.5 Å². The van der Waals surface area contributed by atoms with Crippen LogP contribution in [0.15, 0.2) is 96.0 Å². The van der Waals surface area contributed by atoms with Gasteiger partial charge >= 0.3 is 0 Å². The Morgan fingerprint density at radius 2 is 1.35 bits per heavy atom. The zero-order valence-corrected chi connectivity index (χ0v) is 14.8. The van der Waals surface area contributed by atoms with Gasteiger partial charge in [0.05, 0.1) is 6.54 Å². The second kappa shape index (κ2) is 12.2. The average molecular weight is 345 g/mol. The smallest absolute Gasteiger partial charge is 0.234 e. The van der Waals surface area contributed by atoms with E-state index in [0.29, 0.717) is 13.2 Å². The number of isocyanates is 1. The molecule has 0 saturated heterocycles. The first-order chi connectivity index (χ1) is 12.9. The zero-order chi connectivity index (χ0) is 18.3. The summed E-state index contributed by atoms with van der Waals surface area (Å²) in [5.74, 6) is 0.895. The fourth-order valence-electron chi connectivity index (χ4n) is 2.37. The second-order valence-electron chi connectivity index (χ2n) is 5.61. The molecule has 26 heavy (non-hydrogen) atoms. The van der Waals surface area contributed by atoms with Crippen LogP contribution in [0.2, 0.25) is 0 Å². The van der Waals surface area contributed by atoms with Crippen LogP contribution < -0.4 is 4.74 Å². The van der Waals surface area contributed by atoms with Crippen LogP contribution in [-0.4, -0.2) is 12.6 Å². The third kappa shape index (κ3) is 7.61. The summed E-state index contributed by atoms with van der Waals surface area (Å²) >= 11 is 0. The lowest BCUT2D eigenvalue weighted by Gasteiger charge is -2.11. The molecule has 132 valence electrons. The number of benzene rings is 3. The fourth-order valence-corrected chi connectivity index (χ4v) is 2.37. The molecule has 3 rings (SSSR count). The molecule has 0 aliphatic carbocycles. The third-order valence-corrected chi connectivity index (χ3v) is 3.66. The van der Waals surface area contributed by atoms with Gasteiger partial charge in [-0.05, 0) is 30.0 Å². The van der Waals surface area contributed by atoms with E-state index in [0.717, 1.165) is 29.7 Å². The van der Waals surface area contributed by atoms with Crippen molar-refractivity contribution >= 4 is 6.08 Å². The number of aryl methyl sites for hydroxylation is 1. The molecule has 3 aromatic carbocycles. The highest BCUT2D eigenvalue weighted by molar-refractivity contribution is 5.34. The van der Waals surface area contributed by atoms with E-state index in [1.165, 1.54) is 0 Å². The monoisotopic (exact) mass is 345 g/mol. The first kappa shape index (κ1) is 19.2. The summed E-state index contributed by atoms with van der Waals surface area (Å²) in [6.45, 7) is 1.07. The van der Waals surface area contributed by atoms with E-state index in [-0.39, 0.29) is 0 Å². The zero-order valence-electron chi connectivity index (χ0n) is 14.8. The van der Waals surface area contributed by atoms with Crippen LogP contribution in [0.4, 0.5) is 0 Å². The molecule has 3 nitrogen and oxygen atoms in total. The van der Waals surface area contributed by atoms with E-state index < -0.39 is 0 Å². The molecule has 0 aliphatic rings. The SMILES string of the molecule is O=C=NCCCc1ccccc1OCc1ccccc1.c1ccccc1. The molecule has 0 unspecified atom stereocenters. The van der Waals surface area contributed by atoms with Gasteiger partial charge in [-0.3, -0.25) is 0 Å². The third-order valence-electron chi connectivity index (χ3n) is 3.66.